The molecule has 4 nitrogen and oxygen atoms in total. The Morgan fingerprint density at radius 2 is 1.48 bits per heavy atom. The number of benzene rings is 3. The second-order valence-corrected chi connectivity index (χ2v) is 10.3. The maximum Gasteiger partial charge on any atom is 0.609 e. The normalized spacial score (nSPS) is 19.3. The van der Waals surface area contributed by atoms with Gasteiger partial charge in [-0.25, -0.2) is 4.99 Å². The number of aryl methyl sites for hydroxylation is 2. The van der Waals surface area contributed by atoms with Gasteiger partial charge in [0.05, 0.1) is 33.4 Å². The van der Waals surface area contributed by atoms with Gasteiger partial charge in [0, 0.05) is 59.1 Å². The molecule has 5 aromatic rings. The second kappa shape index (κ2) is 9.48. The molecule has 0 unspecified atom stereocenters. The molecule has 0 atom stereocenters. The van der Waals surface area contributed by atoms with Gasteiger partial charge in [-0.1, -0.05) is 36.3 Å². The van der Waals surface area contributed by atoms with E-state index < -0.39 is 63.1 Å². The monoisotopic (exact) mass is 572 g/mol. The lowest BCUT2D eigenvalue weighted by Gasteiger charge is -2.18. The number of halogens is 4. The van der Waals surface area contributed by atoms with Gasteiger partial charge in [-0.05, 0) is 49.1 Å². The average molecular weight is 572 g/mol. The van der Waals surface area contributed by atoms with Crippen LogP contribution in [0.4, 0.5) is 17.3 Å². The molecule has 0 saturated carbocycles. The van der Waals surface area contributed by atoms with Gasteiger partial charge in [-0.3, -0.25) is 0 Å². The standard InChI is InChI=1S/C32H25B2F4N4/c1-17-25-13-28-26(18(2)40-30(28)16-32-24-12-8-6-10-22(24)20(4)42(32)34(37)38)14-27(25)29(39-17)15-31-23-11-7-5-9-21(23)19(3)41(31)33(35)36/h5-16,39H,1-4H3/q-1/p+1/b30-16-,31-15-/i5D,6D,7D,8D,9D,10D,11D,12D. The third-order valence-corrected chi connectivity index (χ3v) is 8.00. The van der Waals surface area contributed by atoms with Crippen molar-refractivity contribution in [2.24, 2.45) is 0 Å². The van der Waals surface area contributed by atoms with Crippen LogP contribution in [0.15, 0.2) is 60.5 Å². The fourth-order valence-electron chi connectivity index (χ4n) is 6.02. The van der Waals surface area contributed by atoms with Gasteiger partial charge in [0.25, 0.3) is 0 Å². The fourth-order valence-corrected chi connectivity index (χ4v) is 6.02. The number of rotatable bonds is 4. The van der Waals surface area contributed by atoms with Crippen LogP contribution in [-0.4, -0.2) is 40.2 Å². The molecule has 0 amide bonds. The zero-order valence-electron chi connectivity index (χ0n) is 30.9. The van der Waals surface area contributed by atoms with Gasteiger partial charge in [0.1, 0.15) is 5.71 Å². The molecule has 0 saturated heterocycles. The number of hydrogen-bond acceptors (Lipinski definition) is 0. The van der Waals surface area contributed by atoms with E-state index in [0.717, 1.165) is 0 Å². The summed E-state index contributed by atoms with van der Waals surface area (Å²) in [5.41, 5.74) is 3.14. The van der Waals surface area contributed by atoms with Gasteiger partial charge in [-0.15, -0.1) is 0 Å². The lowest BCUT2D eigenvalue weighted by Crippen LogP contribution is -2.65. The Labute approximate surface area is 252 Å². The maximum absolute atomic E-state index is 14.5. The first-order chi connectivity index (χ1) is 23.5. The zero-order valence-corrected chi connectivity index (χ0v) is 22.9. The smallest absolute Gasteiger partial charge is 0.488 e. The lowest BCUT2D eigenvalue weighted by molar-refractivity contribution is -0.337. The molecule has 0 bridgehead atoms. The summed E-state index contributed by atoms with van der Waals surface area (Å²) in [4.78, 5) is 6.44. The Kier molecular flexibility index (Phi) is 4.23. The highest BCUT2D eigenvalue weighted by Gasteiger charge is 2.33. The summed E-state index contributed by atoms with van der Waals surface area (Å²) in [6.07, 6.45) is 2.88. The summed E-state index contributed by atoms with van der Waals surface area (Å²) >= 11 is 0. The molecule has 2 aromatic heterocycles. The van der Waals surface area contributed by atoms with Crippen LogP contribution in [-0.2, 0) is 0 Å². The highest BCUT2D eigenvalue weighted by atomic mass is 19.2. The van der Waals surface area contributed by atoms with Gasteiger partial charge in [0.15, 0.2) is 11.4 Å². The van der Waals surface area contributed by atoms with Crippen LogP contribution in [0.3, 0.4) is 0 Å². The second-order valence-electron chi connectivity index (χ2n) is 10.3. The van der Waals surface area contributed by atoms with Gasteiger partial charge in [-0.2, -0.15) is 0 Å². The molecule has 2 N–H and O–H groups in total. The average Bonchev–Trinajstić information content (AvgIpc) is 3.73. The molecule has 0 fully saturated rings. The molecule has 3 aromatic carbocycles. The molecular weight excluding hydrogens is 538 g/mol. The quantitative estimate of drug-likeness (QED) is 0.191. The van der Waals surface area contributed by atoms with E-state index >= 15 is 0 Å². The molecule has 0 spiro atoms. The molecule has 0 aliphatic carbocycles. The van der Waals surface area contributed by atoms with Crippen molar-refractivity contribution in [3.63, 3.8) is 0 Å². The molecule has 4 heterocycles. The van der Waals surface area contributed by atoms with Crippen LogP contribution < -0.4 is 4.99 Å². The first kappa shape index (κ1) is 18.8. The minimum absolute atomic E-state index is 0.000327. The van der Waals surface area contributed by atoms with Crippen molar-refractivity contribution in [3.8, 4) is 0 Å². The lowest BCUT2D eigenvalue weighted by atomic mass is 9.98. The Morgan fingerprint density at radius 1 is 0.810 bits per heavy atom. The SMILES string of the molecule is [2H]c1c([2H])c([2H])c2c(c1[2H])C(C)=[N+]([B-](F)F)/C2=C\c1[nH]c(C)c2cc3c(cc12)C(C)=[NH+]/C3=C\c1c2c([2H])c([2H])c([2H])c([2H])c2c(C)n1[B-](F)F. The number of fused-ring (bicyclic) bond motifs is 4. The topological polar surface area (TPSA) is 37.7 Å². The fraction of sp³-hybridized carbons (Fsp3) is 0.125. The minimum atomic E-state index is -3.05. The first-order valence-corrected chi connectivity index (χ1v) is 13.1. The van der Waals surface area contributed by atoms with Crippen molar-refractivity contribution in [1.82, 2.24) is 9.46 Å². The number of aromatic amines is 1. The number of hydrogen-bond donors (Lipinski definition) is 2. The molecule has 2 aliphatic heterocycles. The van der Waals surface area contributed by atoms with E-state index in [4.69, 9.17) is 11.0 Å². The summed E-state index contributed by atoms with van der Waals surface area (Å²) in [6.45, 7) is 6.31. The third kappa shape index (κ3) is 3.77. The van der Waals surface area contributed by atoms with Crippen LogP contribution in [0.2, 0.25) is 0 Å². The van der Waals surface area contributed by atoms with Crippen molar-refractivity contribution in [2.75, 3.05) is 0 Å². The van der Waals surface area contributed by atoms with Crippen molar-refractivity contribution < 1.29 is 37.7 Å². The number of nitrogens with one attached hydrogen (secondary N) is 2. The zero-order chi connectivity index (χ0) is 36.4. The largest absolute Gasteiger partial charge is 0.609 e. The van der Waals surface area contributed by atoms with Crippen LogP contribution in [0.25, 0.3) is 45.1 Å². The van der Waals surface area contributed by atoms with Crippen LogP contribution >= 0.6 is 0 Å². The maximum atomic E-state index is 14.5. The number of nitrogens with zero attached hydrogens (tertiary/aromatic N) is 2. The number of aromatic nitrogens is 2. The molecule has 42 heavy (non-hydrogen) atoms. The molecule has 208 valence electrons. The third-order valence-electron chi connectivity index (χ3n) is 8.00. The van der Waals surface area contributed by atoms with E-state index in [9.17, 15) is 17.3 Å². The van der Waals surface area contributed by atoms with Crippen molar-refractivity contribution in [3.05, 3.63) is 106 Å². The molecule has 7 rings (SSSR count). The van der Waals surface area contributed by atoms with Gasteiger partial charge >= 0.3 is 14.8 Å². The Morgan fingerprint density at radius 3 is 2.19 bits per heavy atom. The highest BCUT2D eigenvalue weighted by Crippen LogP contribution is 2.36. The summed E-state index contributed by atoms with van der Waals surface area (Å²) < 4.78 is 126. The first-order valence-electron chi connectivity index (χ1n) is 17.1. The molecule has 10 heteroatoms. The van der Waals surface area contributed by atoms with E-state index in [0.29, 0.717) is 53.7 Å². The van der Waals surface area contributed by atoms with E-state index in [1.807, 2.05) is 12.1 Å². The number of H-pyrrole nitrogens is 1. The summed E-state index contributed by atoms with van der Waals surface area (Å²) in [5.74, 6) is 0. The van der Waals surface area contributed by atoms with E-state index in [2.05, 4.69) is 9.98 Å². The van der Waals surface area contributed by atoms with Gasteiger partial charge < -0.3 is 31.2 Å². The van der Waals surface area contributed by atoms with Crippen molar-refractivity contribution in [1.29, 1.82) is 0 Å². The molecule has 2 radical (unpaired) electrons. The molecule has 2 aliphatic rings. The van der Waals surface area contributed by atoms with E-state index in [1.54, 1.807) is 13.8 Å². The predicted molar refractivity (Wildman–Crippen MR) is 164 cm³/mol. The highest BCUT2D eigenvalue weighted by molar-refractivity contribution is 6.42. The van der Waals surface area contributed by atoms with Gasteiger partial charge in [0.2, 0.25) is 5.70 Å². The van der Waals surface area contributed by atoms with Crippen molar-refractivity contribution in [2.45, 2.75) is 27.7 Å². The Bertz CT molecular complexity index is 2540. The Balaban J connectivity index is 1.45. The minimum Gasteiger partial charge on any atom is -0.488 e. The van der Waals surface area contributed by atoms with Crippen LogP contribution in [0.5, 0.6) is 0 Å². The summed E-state index contributed by atoms with van der Waals surface area (Å²) in [6, 6.07) is -0.202. The van der Waals surface area contributed by atoms with E-state index in [1.165, 1.54) is 26.0 Å². The summed E-state index contributed by atoms with van der Waals surface area (Å²) in [7, 11) is -6.09. The Hall–Kier alpha value is -4.59. The predicted octanol–water partition coefficient (Wildman–Crippen LogP) is 6.17. The van der Waals surface area contributed by atoms with Crippen molar-refractivity contribution >= 4 is 71.3 Å². The summed E-state index contributed by atoms with van der Waals surface area (Å²) in [5, 5.41) is 1.25. The molecular formula is C32H26B2F4N4. The van der Waals surface area contributed by atoms with Crippen LogP contribution in [0, 0.1) is 13.8 Å². The van der Waals surface area contributed by atoms with Crippen LogP contribution in [0.1, 0.15) is 69.8 Å². The van der Waals surface area contributed by atoms with E-state index in [-0.39, 0.29) is 44.7 Å².